The second-order valence-electron chi connectivity index (χ2n) is 7.39. The van der Waals surface area contributed by atoms with Gasteiger partial charge in [-0.2, -0.15) is 0 Å². The van der Waals surface area contributed by atoms with Gasteiger partial charge in [-0.05, 0) is 49.7 Å². The standard InChI is InChI=1S/C19H22N2OS3/c22-17(21-18-20-15-6-1-2-7-16(15)25-18)12-10-13-4-3-5-14(11-12)19(13)23-8-9-24-19/h1-2,6-7,12-14H,3-5,8-11H2,(H,20,21,22)/t12?,13-,14+. The maximum atomic E-state index is 12.9. The second-order valence-corrected chi connectivity index (χ2v) is 11.4. The van der Waals surface area contributed by atoms with Gasteiger partial charge in [-0.25, -0.2) is 4.98 Å². The highest BCUT2D eigenvalue weighted by molar-refractivity contribution is 8.21. The number of hydrogen-bond acceptors (Lipinski definition) is 5. The molecule has 2 saturated carbocycles. The molecule has 1 saturated heterocycles. The predicted octanol–water partition coefficient (Wildman–Crippen LogP) is 5.24. The Kier molecular flexibility index (Phi) is 4.25. The summed E-state index contributed by atoms with van der Waals surface area (Å²) in [4.78, 5) is 17.5. The summed E-state index contributed by atoms with van der Waals surface area (Å²) in [7, 11) is 0. The van der Waals surface area contributed by atoms with Crippen LogP contribution in [0.25, 0.3) is 10.2 Å². The van der Waals surface area contributed by atoms with Gasteiger partial charge in [0, 0.05) is 17.4 Å². The third-order valence-corrected chi connectivity index (χ3v) is 11.0. The number of carbonyl (C=O) groups is 1. The summed E-state index contributed by atoms with van der Waals surface area (Å²) in [5.41, 5.74) is 0.973. The van der Waals surface area contributed by atoms with Crippen LogP contribution in [-0.4, -0.2) is 26.5 Å². The van der Waals surface area contributed by atoms with Crippen LogP contribution in [-0.2, 0) is 4.79 Å². The fourth-order valence-electron chi connectivity index (χ4n) is 4.96. The lowest BCUT2D eigenvalue weighted by atomic mass is 9.67. The Labute approximate surface area is 160 Å². The van der Waals surface area contributed by atoms with Crippen LogP contribution in [0.4, 0.5) is 5.13 Å². The van der Waals surface area contributed by atoms with Gasteiger partial charge in [-0.3, -0.25) is 4.79 Å². The Bertz CT molecular complexity index is 750. The smallest absolute Gasteiger partial charge is 0.229 e. The summed E-state index contributed by atoms with van der Waals surface area (Å²) < 4.78 is 1.57. The van der Waals surface area contributed by atoms with Crippen molar-refractivity contribution >= 4 is 56.1 Å². The number of nitrogens with zero attached hydrogens (tertiary/aromatic N) is 1. The highest BCUT2D eigenvalue weighted by Crippen LogP contribution is 2.64. The number of carbonyl (C=O) groups excluding carboxylic acids is 1. The van der Waals surface area contributed by atoms with Crippen LogP contribution in [0.2, 0.25) is 0 Å². The first-order chi connectivity index (χ1) is 12.2. The van der Waals surface area contributed by atoms with E-state index in [1.807, 2.05) is 18.2 Å². The molecule has 3 nitrogen and oxygen atoms in total. The van der Waals surface area contributed by atoms with Gasteiger partial charge in [0.25, 0.3) is 0 Å². The molecule has 2 bridgehead atoms. The third-order valence-electron chi connectivity index (χ3n) is 6.01. The summed E-state index contributed by atoms with van der Waals surface area (Å²) in [5, 5.41) is 3.88. The number of anilines is 1. The molecule has 25 heavy (non-hydrogen) atoms. The summed E-state index contributed by atoms with van der Waals surface area (Å²) in [6.07, 6.45) is 6.09. The number of aromatic nitrogens is 1. The average Bonchev–Trinajstić information content (AvgIpc) is 3.21. The summed E-state index contributed by atoms with van der Waals surface area (Å²) >= 11 is 5.98. The molecule has 3 atom stereocenters. The van der Waals surface area contributed by atoms with Crippen molar-refractivity contribution in [2.24, 2.45) is 17.8 Å². The maximum absolute atomic E-state index is 12.9. The van der Waals surface area contributed by atoms with E-state index in [4.69, 9.17) is 0 Å². The SMILES string of the molecule is O=C(Nc1nc2ccccc2s1)C1C[C@H]2CCC[C@@H](C1)C21SCCS1. The van der Waals surface area contributed by atoms with Crippen LogP contribution in [0.1, 0.15) is 32.1 Å². The number of para-hydroxylation sites is 1. The molecule has 2 aromatic rings. The first-order valence-electron chi connectivity index (χ1n) is 9.19. The van der Waals surface area contributed by atoms with Gasteiger partial charge in [-0.1, -0.05) is 29.9 Å². The molecule has 0 radical (unpaired) electrons. The number of thiazole rings is 1. The lowest BCUT2D eigenvalue weighted by Gasteiger charge is -2.51. The van der Waals surface area contributed by atoms with E-state index >= 15 is 0 Å². The molecule has 5 rings (SSSR count). The molecule has 1 aromatic carbocycles. The van der Waals surface area contributed by atoms with Crippen molar-refractivity contribution in [1.82, 2.24) is 4.98 Å². The Morgan fingerprint density at radius 1 is 1.12 bits per heavy atom. The van der Waals surface area contributed by atoms with Crippen molar-refractivity contribution in [3.8, 4) is 0 Å². The van der Waals surface area contributed by atoms with Crippen LogP contribution in [0.15, 0.2) is 24.3 Å². The number of amides is 1. The summed E-state index contributed by atoms with van der Waals surface area (Å²) in [6, 6.07) is 8.08. The molecule has 1 aliphatic heterocycles. The van der Waals surface area contributed by atoms with Gasteiger partial charge >= 0.3 is 0 Å². The van der Waals surface area contributed by atoms with Crippen molar-refractivity contribution < 1.29 is 4.79 Å². The molecule has 6 heteroatoms. The van der Waals surface area contributed by atoms with Gasteiger partial charge in [0.05, 0.1) is 14.3 Å². The van der Waals surface area contributed by atoms with Crippen LogP contribution < -0.4 is 5.32 Å². The monoisotopic (exact) mass is 390 g/mol. The van der Waals surface area contributed by atoms with Crippen molar-refractivity contribution in [3.05, 3.63) is 24.3 Å². The van der Waals surface area contributed by atoms with Crippen LogP contribution in [0.5, 0.6) is 0 Å². The normalized spacial score (nSPS) is 30.6. The molecule has 1 N–H and O–H groups in total. The number of benzene rings is 1. The molecular weight excluding hydrogens is 368 g/mol. The van der Waals surface area contributed by atoms with Crippen molar-refractivity contribution in [2.75, 3.05) is 16.8 Å². The Balaban J connectivity index is 1.33. The van der Waals surface area contributed by atoms with Gasteiger partial charge in [-0.15, -0.1) is 23.5 Å². The van der Waals surface area contributed by atoms with E-state index in [1.54, 1.807) is 11.3 Å². The van der Waals surface area contributed by atoms with E-state index in [0.717, 1.165) is 28.2 Å². The summed E-state index contributed by atoms with van der Waals surface area (Å²) in [6.45, 7) is 0. The minimum Gasteiger partial charge on any atom is -0.302 e. The van der Waals surface area contributed by atoms with Crippen LogP contribution in [0.3, 0.4) is 0 Å². The largest absolute Gasteiger partial charge is 0.302 e. The molecule has 1 aromatic heterocycles. The van der Waals surface area contributed by atoms with Crippen LogP contribution in [0, 0.1) is 17.8 Å². The molecule has 2 aliphatic carbocycles. The number of thioether (sulfide) groups is 2. The zero-order valence-electron chi connectivity index (χ0n) is 14.1. The van der Waals surface area contributed by atoms with Gasteiger partial charge in [0.1, 0.15) is 0 Å². The number of nitrogens with one attached hydrogen (secondary N) is 1. The number of fused-ring (bicyclic) bond motifs is 1. The molecule has 1 spiro atoms. The van der Waals surface area contributed by atoms with Crippen molar-refractivity contribution in [1.29, 1.82) is 0 Å². The predicted molar refractivity (Wildman–Crippen MR) is 109 cm³/mol. The number of rotatable bonds is 2. The van der Waals surface area contributed by atoms with E-state index in [2.05, 4.69) is 39.9 Å². The van der Waals surface area contributed by atoms with Crippen molar-refractivity contribution in [3.63, 3.8) is 0 Å². The molecule has 3 fully saturated rings. The Hall–Kier alpha value is -0.720. The van der Waals surface area contributed by atoms with Gasteiger partial charge in [0.15, 0.2) is 5.13 Å². The molecule has 1 unspecified atom stereocenters. The lowest BCUT2D eigenvalue weighted by Crippen LogP contribution is -2.48. The van der Waals surface area contributed by atoms with Gasteiger partial charge < -0.3 is 5.32 Å². The van der Waals surface area contributed by atoms with E-state index in [0.29, 0.717) is 15.9 Å². The zero-order valence-corrected chi connectivity index (χ0v) is 16.5. The lowest BCUT2D eigenvalue weighted by molar-refractivity contribution is -0.122. The van der Waals surface area contributed by atoms with Gasteiger partial charge in [0.2, 0.25) is 5.91 Å². The third kappa shape index (κ3) is 2.81. The van der Waals surface area contributed by atoms with E-state index in [-0.39, 0.29) is 11.8 Å². The average molecular weight is 391 g/mol. The van der Waals surface area contributed by atoms with Crippen LogP contribution >= 0.6 is 34.9 Å². The first-order valence-corrected chi connectivity index (χ1v) is 12.0. The van der Waals surface area contributed by atoms with E-state index in [9.17, 15) is 4.79 Å². The highest BCUT2D eigenvalue weighted by atomic mass is 32.2. The molecule has 3 aliphatic rings. The summed E-state index contributed by atoms with van der Waals surface area (Å²) in [5.74, 6) is 4.36. The Morgan fingerprint density at radius 3 is 2.56 bits per heavy atom. The number of hydrogen-bond donors (Lipinski definition) is 1. The maximum Gasteiger partial charge on any atom is 0.229 e. The first kappa shape index (κ1) is 16.5. The minimum absolute atomic E-state index is 0.162. The molecule has 2 heterocycles. The molecular formula is C19H22N2OS3. The fourth-order valence-corrected chi connectivity index (χ4v) is 9.76. The molecule has 1 amide bonds. The minimum atomic E-state index is 0.162. The topological polar surface area (TPSA) is 42.0 Å². The van der Waals surface area contributed by atoms with Crippen molar-refractivity contribution in [2.45, 2.75) is 36.2 Å². The Morgan fingerprint density at radius 2 is 1.84 bits per heavy atom. The highest BCUT2D eigenvalue weighted by Gasteiger charge is 2.55. The molecule has 132 valence electrons. The fraction of sp³-hybridized carbons (Fsp3) is 0.579. The quantitative estimate of drug-likeness (QED) is 0.762. The second kappa shape index (κ2) is 6.46. The zero-order chi connectivity index (χ0) is 16.9. The van der Waals surface area contributed by atoms with E-state index < -0.39 is 0 Å². The van der Waals surface area contributed by atoms with E-state index in [1.165, 1.54) is 30.8 Å².